The number of fused-ring (bicyclic) bond motifs is 1. The molecule has 80 valence electrons. The number of nitrogens with zero attached hydrogens (tertiary/aromatic N) is 1. The Balaban J connectivity index is 2.41. The molecule has 0 spiro atoms. The van der Waals surface area contributed by atoms with E-state index in [1.165, 1.54) is 4.90 Å². The molecule has 1 amide bonds. The molecule has 4 heteroatoms. The molecule has 1 aromatic rings. The van der Waals surface area contributed by atoms with E-state index in [4.69, 9.17) is 5.73 Å². The molecule has 2 N–H and O–H groups in total. The lowest BCUT2D eigenvalue weighted by Gasteiger charge is -2.22. The van der Waals surface area contributed by atoms with Gasteiger partial charge in [-0.1, -0.05) is 0 Å². The minimum atomic E-state index is -0.532. The Morgan fingerprint density at radius 2 is 2.33 bits per heavy atom. The van der Waals surface area contributed by atoms with Crippen LogP contribution in [0.2, 0.25) is 0 Å². The molecule has 1 aliphatic heterocycles. The van der Waals surface area contributed by atoms with Crippen molar-refractivity contribution in [3.8, 4) is 0 Å². The quantitative estimate of drug-likeness (QED) is 0.749. The van der Waals surface area contributed by atoms with Crippen LogP contribution in [0.4, 0.5) is 15.8 Å². The second kappa shape index (κ2) is 3.53. The van der Waals surface area contributed by atoms with Crippen LogP contribution in [-0.4, -0.2) is 18.6 Å². The van der Waals surface area contributed by atoms with Crippen LogP contribution in [-0.2, 0) is 11.2 Å². The van der Waals surface area contributed by atoms with Crippen molar-refractivity contribution < 1.29 is 9.18 Å². The molecule has 1 atom stereocenters. The van der Waals surface area contributed by atoms with E-state index in [1.54, 1.807) is 25.1 Å². The smallest absolute Gasteiger partial charge is 0.231 e. The van der Waals surface area contributed by atoms with E-state index in [0.717, 1.165) is 11.3 Å². The molecule has 1 aliphatic rings. The number of nitrogen functional groups attached to an aromatic ring is 1. The maximum Gasteiger partial charge on any atom is 0.231 e. The van der Waals surface area contributed by atoms with Gasteiger partial charge in [0.1, 0.15) is 6.67 Å². The van der Waals surface area contributed by atoms with Gasteiger partial charge in [-0.05, 0) is 30.7 Å². The number of rotatable bonds is 2. The van der Waals surface area contributed by atoms with Crippen molar-refractivity contribution in [2.24, 2.45) is 0 Å². The highest BCUT2D eigenvalue weighted by Gasteiger charge is 2.30. The Morgan fingerprint density at radius 1 is 1.60 bits per heavy atom. The van der Waals surface area contributed by atoms with Crippen molar-refractivity contribution >= 4 is 17.3 Å². The number of anilines is 2. The fourth-order valence-corrected chi connectivity index (χ4v) is 1.92. The molecular weight excluding hydrogens is 195 g/mol. The van der Waals surface area contributed by atoms with Gasteiger partial charge in [0.15, 0.2) is 0 Å². The van der Waals surface area contributed by atoms with Gasteiger partial charge < -0.3 is 10.6 Å². The lowest BCUT2D eigenvalue weighted by atomic mass is 10.1. The van der Waals surface area contributed by atoms with E-state index in [0.29, 0.717) is 12.1 Å². The summed E-state index contributed by atoms with van der Waals surface area (Å²) in [5, 5.41) is 0. The molecule has 0 saturated heterocycles. The molecule has 0 aromatic heterocycles. The molecule has 1 aromatic carbocycles. The average Bonchev–Trinajstić information content (AvgIpc) is 2.52. The highest BCUT2D eigenvalue weighted by molar-refractivity contribution is 6.02. The lowest BCUT2D eigenvalue weighted by molar-refractivity contribution is -0.117. The summed E-state index contributed by atoms with van der Waals surface area (Å²) < 4.78 is 12.6. The first-order valence-electron chi connectivity index (χ1n) is 4.90. The van der Waals surface area contributed by atoms with Crippen LogP contribution in [0.3, 0.4) is 0 Å². The monoisotopic (exact) mass is 208 g/mol. The van der Waals surface area contributed by atoms with Crippen molar-refractivity contribution in [1.29, 1.82) is 0 Å². The Bertz CT molecular complexity index is 406. The van der Waals surface area contributed by atoms with Crippen LogP contribution in [0.25, 0.3) is 0 Å². The van der Waals surface area contributed by atoms with Crippen molar-refractivity contribution in [2.45, 2.75) is 19.4 Å². The maximum atomic E-state index is 12.6. The molecule has 1 heterocycles. The van der Waals surface area contributed by atoms with Gasteiger partial charge in [0, 0.05) is 11.4 Å². The molecule has 0 bridgehead atoms. The van der Waals surface area contributed by atoms with Crippen LogP contribution in [0, 0.1) is 0 Å². The minimum absolute atomic E-state index is 0.0549. The fourth-order valence-electron chi connectivity index (χ4n) is 1.92. The first kappa shape index (κ1) is 9.96. The summed E-state index contributed by atoms with van der Waals surface area (Å²) in [5.74, 6) is -0.0549. The summed E-state index contributed by atoms with van der Waals surface area (Å²) in [5.41, 5.74) is 7.94. The third-order valence-electron chi connectivity index (χ3n) is 2.64. The highest BCUT2D eigenvalue weighted by Crippen LogP contribution is 2.31. The first-order chi connectivity index (χ1) is 7.13. The van der Waals surface area contributed by atoms with Gasteiger partial charge in [-0.3, -0.25) is 4.79 Å². The summed E-state index contributed by atoms with van der Waals surface area (Å²) in [6.45, 7) is 1.17. The summed E-state index contributed by atoms with van der Waals surface area (Å²) >= 11 is 0. The first-order valence-corrected chi connectivity index (χ1v) is 4.90. The Morgan fingerprint density at radius 3 is 3.00 bits per heavy atom. The SMILES string of the molecule is CC(CF)N1C(=O)Cc2cc(N)ccc21. The molecule has 2 rings (SSSR count). The third kappa shape index (κ3) is 1.56. The number of alkyl halides is 1. The third-order valence-corrected chi connectivity index (χ3v) is 2.64. The molecule has 0 saturated carbocycles. The zero-order chi connectivity index (χ0) is 11.0. The second-order valence-corrected chi connectivity index (χ2v) is 3.83. The van der Waals surface area contributed by atoms with E-state index in [2.05, 4.69) is 0 Å². The van der Waals surface area contributed by atoms with Crippen LogP contribution >= 0.6 is 0 Å². The van der Waals surface area contributed by atoms with E-state index in [9.17, 15) is 9.18 Å². The van der Waals surface area contributed by atoms with Crippen molar-refractivity contribution in [3.05, 3.63) is 23.8 Å². The van der Waals surface area contributed by atoms with Crippen LogP contribution in [0.1, 0.15) is 12.5 Å². The van der Waals surface area contributed by atoms with Crippen LogP contribution in [0.5, 0.6) is 0 Å². The molecule has 0 radical (unpaired) electrons. The van der Waals surface area contributed by atoms with Gasteiger partial charge in [0.25, 0.3) is 0 Å². The number of benzene rings is 1. The standard InChI is InChI=1S/C11H13FN2O/c1-7(6-12)14-10-3-2-9(13)4-8(10)5-11(14)15/h2-4,7H,5-6,13H2,1H3. The Kier molecular flexibility index (Phi) is 2.34. The zero-order valence-corrected chi connectivity index (χ0v) is 8.53. The summed E-state index contributed by atoms with van der Waals surface area (Å²) in [7, 11) is 0. The van der Waals surface area contributed by atoms with Crippen molar-refractivity contribution in [1.82, 2.24) is 0 Å². The summed E-state index contributed by atoms with van der Waals surface area (Å²) in [6, 6.07) is 4.89. The van der Waals surface area contributed by atoms with Gasteiger partial charge in [-0.25, -0.2) is 4.39 Å². The number of nitrogens with two attached hydrogens (primary N) is 1. The number of amides is 1. The normalized spacial score (nSPS) is 16.7. The summed E-state index contributed by atoms with van der Waals surface area (Å²) in [6.07, 6.45) is 0.324. The largest absolute Gasteiger partial charge is 0.399 e. The zero-order valence-electron chi connectivity index (χ0n) is 8.53. The average molecular weight is 208 g/mol. The topological polar surface area (TPSA) is 46.3 Å². The molecule has 3 nitrogen and oxygen atoms in total. The number of hydrogen-bond acceptors (Lipinski definition) is 2. The van der Waals surface area contributed by atoms with E-state index < -0.39 is 12.7 Å². The van der Waals surface area contributed by atoms with E-state index >= 15 is 0 Å². The van der Waals surface area contributed by atoms with Gasteiger partial charge in [0.2, 0.25) is 5.91 Å². The number of carbonyl (C=O) groups is 1. The number of halogens is 1. The Labute approximate surface area is 87.7 Å². The highest BCUT2D eigenvalue weighted by atomic mass is 19.1. The second-order valence-electron chi connectivity index (χ2n) is 3.83. The molecular formula is C11H13FN2O. The molecule has 0 aliphatic carbocycles. The maximum absolute atomic E-state index is 12.6. The Hall–Kier alpha value is -1.58. The number of carbonyl (C=O) groups excluding carboxylic acids is 1. The van der Waals surface area contributed by atoms with Gasteiger partial charge in [0.05, 0.1) is 12.5 Å². The molecule has 15 heavy (non-hydrogen) atoms. The van der Waals surface area contributed by atoms with Gasteiger partial charge in [-0.15, -0.1) is 0 Å². The van der Waals surface area contributed by atoms with E-state index in [-0.39, 0.29) is 5.91 Å². The molecule has 1 unspecified atom stereocenters. The van der Waals surface area contributed by atoms with Crippen LogP contribution in [0.15, 0.2) is 18.2 Å². The lowest BCUT2D eigenvalue weighted by Crippen LogP contribution is -2.37. The summed E-state index contributed by atoms with van der Waals surface area (Å²) in [4.78, 5) is 13.2. The van der Waals surface area contributed by atoms with Gasteiger partial charge >= 0.3 is 0 Å². The minimum Gasteiger partial charge on any atom is -0.399 e. The predicted molar refractivity (Wildman–Crippen MR) is 57.5 cm³/mol. The number of hydrogen-bond donors (Lipinski definition) is 1. The van der Waals surface area contributed by atoms with Crippen LogP contribution < -0.4 is 10.6 Å². The predicted octanol–water partition coefficient (Wildman–Crippen LogP) is 1.52. The van der Waals surface area contributed by atoms with E-state index in [1.807, 2.05) is 0 Å². The van der Waals surface area contributed by atoms with Crippen molar-refractivity contribution in [2.75, 3.05) is 17.3 Å². The van der Waals surface area contributed by atoms with Crippen molar-refractivity contribution in [3.63, 3.8) is 0 Å². The molecule has 0 fully saturated rings. The van der Waals surface area contributed by atoms with Gasteiger partial charge in [-0.2, -0.15) is 0 Å². The fraction of sp³-hybridized carbons (Fsp3) is 0.364.